The number of para-hydroxylation sites is 2. The second-order valence-corrected chi connectivity index (χ2v) is 14.6. The lowest BCUT2D eigenvalue weighted by Gasteiger charge is -2.27. The highest BCUT2D eigenvalue weighted by atomic mass is 15.1. The van der Waals surface area contributed by atoms with E-state index < -0.39 is 0 Å². The average molecular weight is 729 g/mol. The first-order chi connectivity index (χ1) is 28.2. The summed E-state index contributed by atoms with van der Waals surface area (Å²) in [6.45, 7) is 6.40. The summed E-state index contributed by atoms with van der Waals surface area (Å²) in [6, 6.07) is 70.4. The molecule has 0 bridgehead atoms. The summed E-state index contributed by atoms with van der Waals surface area (Å²) >= 11 is 0. The molecule has 0 aliphatic rings. The van der Waals surface area contributed by atoms with Crippen LogP contribution in [0.5, 0.6) is 0 Å². The summed E-state index contributed by atoms with van der Waals surface area (Å²) in [7, 11) is 0. The molecule has 2 nitrogen and oxygen atoms in total. The number of rotatable bonds is 8. The molecule has 10 aromatic rings. The lowest BCUT2D eigenvalue weighted by Crippen LogP contribution is -2.10. The Morgan fingerprint density at radius 1 is 0.491 bits per heavy atom. The van der Waals surface area contributed by atoms with Crippen molar-refractivity contribution < 1.29 is 0 Å². The van der Waals surface area contributed by atoms with Crippen molar-refractivity contribution in [3.05, 3.63) is 218 Å². The van der Waals surface area contributed by atoms with Crippen LogP contribution in [-0.4, -0.2) is 4.57 Å². The van der Waals surface area contributed by atoms with Crippen molar-refractivity contribution in [3.63, 3.8) is 0 Å². The van der Waals surface area contributed by atoms with E-state index in [9.17, 15) is 0 Å². The Morgan fingerprint density at radius 2 is 1.12 bits per heavy atom. The fourth-order valence-electron chi connectivity index (χ4n) is 8.54. The summed E-state index contributed by atoms with van der Waals surface area (Å²) < 4.78 is 2.42. The van der Waals surface area contributed by atoms with E-state index in [2.05, 4.69) is 229 Å². The summed E-state index contributed by atoms with van der Waals surface area (Å²) in [5.41, 5.74) is 13.7. The van der Waals surface area contributed by atoms with Crippen LogP contribution in [0, 0.1) is 0 Å². The van der Waals surface area contributed by atoms with Crippen LogP contribution in [-0.2, 0) is 0 Å². The molecular formula is C55H40N2. The van der Waals surface area contributed by atoms with E-state index in [0.717, 1.165) is 39.4 Å². The van der Waals surface area contributed by atoms with Gasteiger partial charge in [0, 0.05) is 39.1 Å². The van der Waals surface area contributed by atoms with Gasteiger partial charge in [0.05, 0.1) is 11.0 Å². The molecule has 0 saturated carbocycles. The molecule has 0 amide bonds. The summed E-state index contributed by atoms with van der Waals surface area (Å²) in [5.74, 6) is 0. The quantitative estimate of drug-likeness (QED) is 0.151. The molecule has 1 aromatic heterocycles. The van der Waals surface area contributed by atoms with Gasteiger partial charge in [-0.2, -0.15) is 0 Å². The molecule has 10 rings (SSSR count). The van der Waals surface area contributed by atoms with Gasteiger partial charge in [-0.1, -0.05) is 152 Å². The molecule has 0 aliphatic heterocycles. The lowest BCUT2D eigenvalue weighted by molar-refractivity contribution is 1.18. The highest BCUT2D eigenvalue weighted by molar-refractivity contribution is 6.19. The van der Waals surface area contributed by atoms with Gasteiger partial charge in [0.2, 0.25) is 0 Å². The Kier molecular flexibility index (Phi) is 8.58. The maximum atomic E-state index is 4.31. The zero-order chi connectivity index (χ0) is 38.3. The molecule has 0 spiro atoms. The number of nitrogens with zero attached hydrogens (tertiary/aromatic N) is 2. The van der Waals surface area contributed by atoms with Crippen molar-refractivity contribution in [2.24, 2.45) is 0 Å². The van der Waals surface area contributed by atoms with Gasteiger partial charge in [0.15, 0.2) is 0 Å². The highest BCUT2D eigenvalue weighted by Crippen LogP contribution is 2.45. The van der Waals surface area contributed by atoms with Gasteiger partial charge in [-0.25, -0.2) is 0 Å². The topological polar surface area (TPSA) is 8.17 Å². The Morgan fingerprint density at radius 3 is 1.88 bits per heavy atom. The predicted molar refractivity (Wildman–Crippen MR) is 246 cm³/mol. The highest BCUT2D eigenvalue weighted by Gasteiger charge is 2.22. The van der Waals surface area contributed by atoms with Crippen LogP contribution >= 0.6 is 0 Å². The average Bonchev–Trinajstić information content (AvgIpc) is 3.62. The zero-order valence-electron chi connectivity index (χ0n) is 31.8. The summed E-state index contributed by atoms with van der Waals surface area (Å²) in [6.07, 6.45) is 6.34. The van der Waals surface area contributed by atoms with Gasteiger partial charge in [-0.3, -0.25) is 0 Å². The number of hydrogen-bond acceptors (Lipinski definition) is 1. The minimum Gasteiger partial charge on any atom is -0.310 e. The van der Waals surface area contributed by atoms with Crippen LogP contribution < -0.4 is 4.90 Å². The Bertz CT molecular complexity index is 3150. The standard InChI is InChI=1S/C55H40N2/c1-3-15-50-38(4-2)37-52(54-51-24-12-13-25-53(51)57(55(50)54)46-21-6-5-7-22-46)45-20-14-23-48(36-45)56(49-33-30-40-17-9-11-19-43(40)35-49)47-31-28-41(29-32-47)44-27-26-39-16-8-10-18-42(39)34-44/h3-37H,2H2,1H3/b15-3-. The van der Waals surface area contributed by atoms with Crippen LogP contribution in [0.3, 0.4) is 0 Å². The van der Waals surface area contributed by atoms with E-state index in [-0.39, 0.29) is 0 Å². The van der Waals surface area contributed by atoms with E-state index >= 15 is 0 Å². The van der Waals surface area contributed by atoms with Gasteiger partial charge in [0.1, 0.15) is 0 Å². The molecule has 0 N–H and O–H groups in total. The summed E-state index contributed by atoms with van der Waals surface area (Å²) in [4.78, 5) is 2.38. The van der Waals surface area contributed by atoms with Crippen molar-refractivity contribution >= 4 is 72.6 Å². The minimum atomic E-state index is 1.08. The predicted octanol–water partition coefficient (Wildman–Crippen LogP) is 15.6. The number of fused-ring (bicyclic) bond motifs is 5. The molecule has 9 aromatic carbocycles. The molecule has 2 heteroatoms. The monoisotopic (exact) mass is 728 g/mol. The first-order valence-electron chi connectivity index (χ1n) is 19.6. The van der Waals surface area contributed by atoms with Crippen molar-refractivity contribution in [2.75, 3.05) is 4.90 Å². The third-order valence-electron chi connectivity index (χ3n) is 11.2. The maximum absolute atomic E-state index is 4.31. The molecule has 0 fully saturated rings. The number of aromatic nitrogens is 1. The molecule has 0 radical (unpaired) electrons. The van der Waals surface area contributed by atoms with Crippen molar-refractivity contribution in [1.82, 2.24) is 4.57 Å². The Hall–Kier alpha value is -7.42. The van der Waals surface area contributed by atoms with E-state index in [1.165, 1.54) is 60.0 Å². The second-order valence-electron chi connectivity index (χ2n) is 14.6. The van der Waals surface area contributed by atoms with E-state index in [1.54, 1.807) is 0 Å². The van der Waals surface area contributed by atoms with Crippen LogP contribution in [0.15, 0.2) is 207 Å². The Labute approximate surface area is 333 Å². The SMILES string of the molecule is C=Cc1cc(-c2cccc(N(c3ccc(-c4ccc5ccccc5c4)cc3)c3ccc4ccccc4c3)c2)c2c3ccccc3n(-c3ccccc3)c2c1/C=C\C. The van der Waals surface area contributed by atoms with Crippen molar-refractivity contribution in [3.8, 4) is 27.9 Å². The smallest absolute Gasteiger partial charge is 0.0625 e. The second kappa shape index (κ2) is 14.3. The van der Waals surface area contributed by atoms with Gasteiger partial charge in [-0.05, 0) is 123 Å². The van der Waals surface area contributed by atoms with Crippen molar-refractivity contribution in [1.29, 1.82) is 0 Å². The Balaban J connectivity index is 1.18. The minimum absolute atomic E-state index is 1.08. The largest absolute Gasteiger partial charge is 0.310 e. The molecule has 0 unspecified atom stereocenters. The van der Waals surface area contributed by atoms with E-state index in [1.807, 2.05) is 6.08 Å². The molecule has 0 aliphatic carbocycles. The van der Waals surface area contributed by atoms with Crippen LogP contribution in [0.1, 0.15) is 18.1 Å². The van der Waals surface area contributed by atoms with E-state index in [4.69, 9.17) is 0 Å². The molecule has 0 atom stereocenters. The zero-order valence-corrected chi connectivity index (χ0v) is 31.8. The van der Waals surface area contributed by atoms with Gasteiger partial charge in [0.25, 0.3) is 0 Å². The van der Waals surface area contributed by atoms with Crippen LogP contribution in [0.2, 0.25) is 0 Å². The van der Waals surface area contributed by atoms with E-state index in [0.29, 0.717) is 0 Å². The third-order valence-corrected chi connectivity index (χ3v) is 11.2. The number of benzene rings is 9. The molecule has 0 saturated heterocycles. The summed E-state index contributed by atoms with van der Waals surface area (Å²) in [5, 5.41) is 7.36. The third kappa shape index (κ3) is 6.00. The fourth-order valence-corrected chi connectivity index (χ4v) is 8.54. The fraction of sp³-hybridized carbons (Fsp3) is 0.0182. The first-order valence-corrected chi connectivity index (χ1v) is 19.6. The molecule has 270 valence electrons. The maximum Gasteiger partial charge on any atom is 0.0625 e. The van der Waals surface area contributed by atoms with Gasteiger partial charge in [-0.15, -0.1) is 0 Å². The first kappa shape index (κ1) is 34.1. The molecular weight excluding hydrogens is 689 g/mol. The normalized spacial score (nSPS) is 11.6. The number of allylic oxidation sites excluding steroid dienone is 1. The van der Waals surface area contributed by atoms with Crippen molar-refractivity contribution in [2.45, 2.75) is 6.92 Å². The molecule has 57 heavy (non-hydrogen) atoms. The number of anilines is 3. The lowest BCUT2D eigenvalue weighted by atomic mass is 9.92. The molecule has 1 heterocycles. The van der Waals surface area contributed by atoms with Gasteiger partial charge < -0.3 is 9.47 Å². The van der Waals surface area contributed by atoms with Gasteiger partial charge >= 0.3 is 0 Å². The number of hydrogen-bond donors (Lipinski definition) is 0. The van der Waals surface area contributed by atoms with Crippen LogP contribution in [0.4, 0.5) is 17.1 Å². The van der Waals surface area contributed by atoms with Crippen LogP contribution in [0.25, 0.3) is 83.4 Å².